The van der Waals surface area contributed by atoms with Gasteiger partial charge in [0.25, 0.3) is 0 Å². The highest BCUT2D eigenvalue weighted by Crippen LogP contribution is 2.38. The first kappa shape index (κ1) is 13.8. The molecule has 0 unspecified atom stereocenters. The van der Waals surface area contributed by atoms with Gasteiger partial charge < -0.3 is 10.6 Å². The van der Waals surface area contributed by atoms with E-state index in [1.165, 1.54) is 12.8 Å². The Balaban J connectivity index is 1.72. The second-order valence-electron chi connectivity index (χ2n) is 5.37. The van der Waals surface area contributed by atoms with Crippen LogP contribution in [0, 0.1) is 0 Å². The summed E-state index contributed by atoms with van der Waals surface area (Å²) in [5.41, 5.74) is 1.01. The molecule has 1 aliphatic rings. The van der Waals surface area contributed by atoms with E-state index in [1.807, 2.05) is 24.3 Å². The van der Waals surface area contributed by atoms with Crippen molar-refractivity contribution in [1.29, 1.82) is 0 Å². The van der Waals surface area contributed by atoms with Crippen LogP contribution < -0.4 is 10.6 Å². The minimum absolute atomic E-state index is 0.545. The van der Waals surface area contributed by atoms with Crippen LogP contribution in [0.15, 0.2) is 30.5 Å². The summed E-state index contributed by atoms with van der Waals surface area (Å²) < 4.78 is 0. The van der Waals surface area contributed by atoms with E-state index in [2.05, 4.69) is 32.5 Å². The minimum atomic E-state index is 0.545. The SMILES string of the molecule is CCCNc1cc(NCc2ccccn2)nc(C2CC2)n1. The van der Waals surface area contributed by atoms with Crippen LogP contribution in [0.1, 0.15) is 43.6 Å². The van der Waals surface area contributed by atoms with Gasteiger partial charge in [-0.1, -0.05) is 13.0 Å². The van der Waals surface area contributed by atoms with Gasteiger partial charge in [0.2, 0.25) is 0 Å². The molecule has 5 nitrogen and oxygen atoms in total. The standard InChI is InChI=1S/C16H21N5/c1-2-8-18-14-10-15(21-16(20-14)12-6-7-12)19-11-13-5-3-4-9-17-13/h3-5,9-10,12H,2,6-8,11H2,1H3,(H2,18,19,20,21). The number of rotatable bonds is 7. The Kier molecular flexibility index (Phi) is 4.28. The highest BCUT2D eigenvalue weighted by Gasteiger charge is 2.27. The van der Waals surface area contributed by atoms with Crippen molar-refractivity contribution in [3.63, 3.8) is 0 Å². The molecule has 3 rings (SSSR count). The normalized spacial score (nSPS) is 14.0. The largest absolute Gasteiger partial charge is 0.370 e. The van der Waals surface area contributed by atoms with Gasteiger partial charge >= 0.3 is 0 Å². The molecule has 0 saturated heterocycles. The van der Waals surface area contributed by atoms with Crippen molar-refractivity contribution in [2.45, 2.75) is 38.6 Å². The Bertz CT molecular complexity index is 580. The number of aromatic nitrogens is 3. The monoisotopic (exact) mass is 283 g/mol. The van der Waals surface area contributed by atoms with Crippen molar-refractivity contribution in [1.82, 2.24) is 15.0 Å². The van der Waals surface area contributed by atoms with Gasteiger partial charge in [0.15, 0.2) is 0 Å². The lowest BCUT2D eigenvalue weighted by atomic mass is 10.3. The third-order valence-corrected chi connectivity index (χ3v) is 3.42. The van der Waals surface area contributed by atoms with Gasteiger partial charge in [-0.2, -0.15) is 0 Å². The Hall–Kier alpha value is -2.17. The summed E-state index contributed by atoms with van der Waals surface area (Å²) in [7, 11) is 0. The van der Waals surface area contributed by atoms with Gasteiger partial charge in [-0.05, 0) is 31.4 Å². The maximum absolute atomic E-state index is 4.63. The molecule has 0 aromatic carbocycles. The van der Waals surface area contributed by atoms with E-state index in [0.717, 1.165) is 36.1 Å². The van der Waals surface area contributed by atoms with E-state index in [9.17, 15) is 0 Å². The molecule has 2 N–H and O–H groups in total. The van der Waals surface area contributed by atoms with Crippen LogP contribution >= 0.6 is 0 Å². The number of hydrogen-bond acceptors (Lipinski definition) is 5. The quantitative estimate of drug-likeness (QED) is 0.817. The van der Waals surface area contributed by atoms with Gasteiger partial charge in [-0.25, -0.2) is 9.97 Å². The predicted molar refractivity (Wildman–Crippen MR) is 84.4 cm³/mol. The lowest BCUT2D eigenvalue weighted by Gasteiger charge is -2.10. The molecule has 2 aromatic rings. The summed E-state index contributed by atoms with van der Waals surface area (Å²) >= 11 is 0. The number of pyridine rings is 1. The Morgan fingerprint density at radius 2 is 1.95 bits per heavy atom. The molecule has 0 atom stereocenters. The first-order valence-electron chi connectivity index (χ1n) is 7.62. The van der Waals surface area contributed by atoms with Crippen molar-refractivity contribution in [3.8, 4) is 0 Å². The molecule has 1 fully saturated rings. The lowest BCUT2D eigenvalue weighted by Crippen LogP contribution is -2.09. The second kappa shape index (κ2) is 6.52. The molecule has 0 amide bonds. The maximum atomic E-state index is 4.63. The molecule has 21 heavy (non-hydrogen) atoms. The van der Waals surface area contributed by atoms with Crippen LogP contribution in [0.4, 0.5) is 11.6 Å². The van der Waals surface area contributed by atoms with E-state index < -0.39 is 0 Å². The van der Waals surface area contributed by atoms with Crippen molar-refractivity contribution < 1.29 is 0 Å². The van der Waals surface area contributed by atoms with Crippen LogP contribution in [0.3, 0.4) is 0 Å². The van der Waals surface area contributed by atoms with Crippen molar-refractivity contribution in [2.75, 3.05) is 17.2 Å². The molecule has 1 aliphatic carbocycles. The van der Waals surface area contributed by atoms with Gasteiger partial charge in [-0.15, -0.1) is 0 Å². The molecule has 0 spiro atoms. The van der Waals surface area contributed by atoms with Crippen LogP contribution in [-0.4, -0.2) is 21.5 Å². The number of nitrogens with zero attached hydrogens (tertiary/aromatic N) is 3. The molecule has 2 heterocycles. The number of hydrogen-bond donors (Lipinski definition) is 2. The zero-order valence-electron chi connectivity index (χ0n) is 12.3. The Morgan fingerprint density at radius 3 is 2.62 bits per heavy atom. The molecule has 0 radical (unpaired) electrons. The molecule has 110 valence electrons. The molecular weight excluding hydrogens is 262 g/mol. The molecular formula is C16H21N5. The topological polar surface area (TPSA) is 62.7 Å². The predicted octanol–water partition coefficient (Wildman–Crippen LogP) is 3.18. The van der Waals surface area contributed by atoms with Crippen molar-refractivity contribution >= 4 is 11.6 Å². The zero-order valence-corrected chi connectivity index (χ0v) is 12.3. The van der Waals surface area contributed by atoms with Crippen LogP contribution in [0.2, 0.25) is 0 Å². The molecule has 1 saturated carbocycles. The minimum Gasteiger partial charge on any atom is -0.370 e. The highest BCUT2D eigenvalue weighted by atomic mass is 15.1. The first-order valence-corrected chi connectivity index (χ1v) is 7.62. The van der Waals surface area contributed by atoms with E-state index in [0.29, 0.717) is 12.5 Å². The van der Waals surface area contributed by atoms with Gasteiger partial charge in [0.1, 0.15) is 17.5 Å². The van der Waals surface area contributed by atoms with E-state index in [1.54, 1.807) is 6.20 Å². The molecule has 0 aliphatic heterocycles. The van der Waals surface area contributed by atoms with Crippen LogP contribution in [-0.2, 0) is 6.54 Å². The fourth-order valence-corrected chi connectivity index (χ4v) is 2.11. The van der Waals surface area contributed by atoms with E-state index in [-0.39, 0.29) is 0 Å². The second-order valence-corrected chi connectivity index (χ2v) is 5.37. The summed E-state index contributed by atoms with van der Waals surface area (Å²) in [4.78, 5) is 13.6. The molecule has 5 heteroatoms. The van der Waals surface area contributed by atoms with E-state index >= 15 is 0 Å². The van der Waals surface area contributed by atoms with Gasteiger partial charge in [0.05, 0.1) is 12.2 Å². The summed E-state index contributed by atoms with van der Waals surface area (Å²) in [6.45, 7) is 3.76. The third kappa shape index (κ3) is 3.90. The Morgan fingerprint density at radius 1 is 1.14 bits per heavy atom. The average molecular weight is 283 g/mol. The van der Waals surface area contributed by atoms with Gasteiger partial charge in [0, 0.05) is 24.7 Å². The highest BCUT2D eigenvalue weighted by molar-refractivity contribution is 5.48. The van der Waals surface area contributed by atoms with Crippen LogP contribution in [0.25, 0.3) is 0 Å². The molecule has 0 bridgehead atoms. The first-order chi connectivity index (χ1) is 10.3. The summed E-state index contributed by atoms with van der Waals surface area (Å²) in [5, 5.41) is 6.70. The summed E-state index contributed by atoms with van der Waals surface area (Å²) in [6, 6.07) is 7.90. The number of nitrogens with one attached hydrogen (secondary N) is 2. The molecule has 2 aromatic heterocycles. The van der Waals surface area contributed by atoms with Crippen molar-refractivity contribution in [3.05, 3.63) is 42.0 Å². The lowest BCUT2D eigenvalue weighted by molar-refractivity contribution is 0.902. The van der Waals surface area contributed by atoms with Crippen LogP contribution in [0.5, 0.6) is 0 Å². The van der Waals surface area contributed by atoms with Gasteiger partial charge in [-0.3, -0.25) is 4.98 Å². The number of anilines is 2. The Labute approximate surface area is 125 Å². The smallest absolute Gasteiger partial charge is 0.136 e. The fraction of sp³-hybridized carbons (Fsp3) is 0.438. The fourth-order valence-electron chi connectivity index (χ4n) is 2.11. The summed E-state index contributed by atoms with van der Waals surface area (Å²) in [5.74, 6) is 3.29. The zero-order chi connectivity index (χ0) is 14.5. The summed E-state index contributed by atoms with van der Waals surface area (Å²) in [6.07, 6.45) is 5.30. The average Bonchev–Trinajstić information content (AvgIpc) is 3.37. The van der Waals surface area contributed by atoms with E-state index in [4.69, 9.17) is 0 Å². The van der Waals surface area contributed by atoms with Crippen molar-refractivity contribution in [2.24, 2.45) is 0 Å². The third-order valence-electron chi connectivity index (χ3n) is 3.42. The maximum Gasteiger partial charge on any atom is 0.136 e.